The molecule has 1 atom stereocenters. The summed E-state index contributed by atoms with van der Waals surface area (Å²) in [4.78, 5) is 14.3. The number of benzene rings is 1. The maximum Gasteiger partial charge on any atom is 0.317 e. The van der Waals surface area contributed by atoms with E-state index >= 15 is 0 Å². The van der Waals surface area contributed by atoms with Gasteiger partial charge in [-0.2, -0.15) is 0 Å². The zero-order valence-electron chi connectivity index (χ0n) is 14.5. The first-order valence-corrected chi connectivity index (χ1v) is 8.68. The molecule has 0 bridgehead atoms. The summed E-state index contributed by atoms with van der Waals surface area (Å²) in [6.07, 6.45) is 4.97. The Labute approximate surface area is 135 Å². The van der Waals surface area contributed by atoms with Gasteiger partial charge in [0.25, 0.3) is 0 Å². The molecule has 1 unspecified atom stereocenters. The average molecular weight is 302 g/mol. The van der Waals surface area contributed by atoms with Crippen LogP contribution in [-0.4, -0.2) is 24.0 Å². The van der Waals surface area contributed by atoms with Crippen LogP contribution in [0.25, 0.3) is 0 Å². The Hall–Kier alpha value is -1.51. The summed E-state index contributed by atoms with van der Waals surface area (Å²) in [5, 5.41) is 3.15. The minimum atomic E-state index is 0.0430. The summed E-state index contributed by atoms with van der Waals surface area (Å²) in [6, 6.07) is 6.81. The zero-order valence-corrected chi connectivity index (χ0v) is 14.5. The van der Waals surface area contributed by atoms with E-state index in [2.05, 4.69) is 44.3 Å². The highest BCUT2D eigenvalue weighted by Gasteiger charge is 2.17. The molecule has 3 nitrogen and oxygen atoms in total. The van der Waals surface area contributed by atoms with Gasteiger partial charge in [0.2, 0.25) is 0 Å². The number of carbonyl (C=O) groups excluding carboxylic acids is 1. The van der Waals surface area contributed by atoms with Gasteiger partial charge in [0, 0.05) is 13.1 Å². The van der Waals surface area contributed by atoms with Crippen LogP contribution in [-0.2, 0) is 12.8 Å². The highest BCUT2D eigenvalue weighted by molar-refractivity contribution is 5.74. The largest absolute Gasteiger partial charge is 0.331 e. The van der Waals surface area contributed by atoms with E-state index in [0.29, 0.717) is 5.92 Å². The lowest BCUT2D eigenvalue weighted by molar-refractivity contribution is 0.191. The molecule has 0 radical (unpaired) electrons. The second-order valence-electron chi connectivity index (χ2n) is 6.84. The van der Waals surface area contributed by atoms with Gasteiger partial charge in [-0.1, -0.05) is 32.0 Å². The van der Waals surface area contributed by atoms with Gasteiger partial charge in [-0.05, 0) is 62.1 Å². The third kappa shape index (κ3) is 4.25. The van der Waals surface area contributed by atoms with E-state index in [9.17, 15) is 4.79 Å². The van der Waals surface area contributed by atoms with Gasteiger partial charge in [0.15, 0.2) is 0 Å². The van der Waals surface area contributed by atoms with Gasteiger partial charge < -0.3 is 10.2 Å². The van der Waals surface area contributed by atoms with Gasteiger partial charge in [-0.25, -0.2) is 4.79 Å². The highest BCUT2D eigenvalue weighted by Crippen LogP contribution is 2.24. The number of hydrogen-bond donors (Lipinski definition) is 1. The van der Waals surface area contributed by atoms with E-state index < -0.39 is 0 Å². The van der Waals surface area contributed by atoms with Crippen molar-refractivity contribution in [3.05, 3.63) is 34.9 Å². The van der Waals surface area contributed by atoms with E-state index in [4.69, 9.17) is 0 Å². The van der Waals surface area contributed by atoms with Crippen molar-refractivity contribution in [1.82, 2.24) is 10.2 Å². The summed E-state index contributed by atoms with van der Waals surface area (Å²) in [7, 11) is 0. The number of carbonyl (C=O) groups is 1. The highest BCUT2D eigenvalue weighted by atomic mass is 16.2. The standard InChI is InChI=1S/C19H30N2O/c1-5-21(13-14(2)3)19(22)20-15(4)17-11-10-16-8-6-7-9-18(16)12-17/h10-12,14-15H,5-9,13H2,1-4H3,(H,20,22). The molecule has 2 rings (SSSR count). The Bertz CT molecular complexity index is 510. The molecule has 2 amide bonds. The lowest BCUT2D eigenvalue weighted by Gasteiger charge is -2.26. The number of nitrogens with zero attached hydrogens (tertiary/aromatic N) is 1. The summed E-state index contributed by atoms with van der Waals surface area (Å²) >= 11 is 0. The van der Waals surface area contributed by atoms with Crippen LogP contribution < -0.4 is 5.32 Å². The fraction of sp³-hybridized carbons (Fsp3) is 0.632. The van der Waals surface area contributed by atoms with Crippen LogP contribution in [0.3, 0.4) is 0 Å². The van der Waals surface area contributed by atoms with E-state index in [1.165, 1.54) is 42.4 Å². The topological polar surface area (TPSA) is 32.3 Å². The van der Waals surface area contributed by atoms with Gasteiger partial charge in [0.1, 0.15) is 0 Å². The smallest absolute Gasteiger partial charge is 0.317 e. The third-order valence-corrected chi connectivity index (χ3v) is 4.47. The predicted octanol–water partition coefficient (Wildman–Crippen LogP) is 4.31. The lowest BCUT2D eigenvalue weighted by atomic mass is 9.89. The van der Waals surface area contributed by atoms with Crippen molar-refractivity contribution >= 4 is 6.03 Å². The number of urea groups is 1. The molecular formula is C19H30N2O. The molecular weight excluding hydrogens is 272 g/mol. The van der Waals surface area contributed by atoms with Crippen LogP contribution in [0, 0.1) is 5.92 Å². The molecule has 0 fully saturated rings. The Balaban J connectivity index is 2.02. The molecule has 1 aliphatic rings. The normalized spacial score (nSPS) is 15.3. The lowest BCUT2D eigenvalue weighted by Crippen LogP contribution is -2.42. The van der Waals surface area contributed by atoms with E-state index in [1.807, 2.05) is 11.8 Å². The van der Waals surface area contributed by atoms with Gasteiger partial charge in [-0.15, -0.1) is 0 Å². The van der Waals surface area contributed by atoms with Crippen LogP contribution in [0.4, 0.5) is 4.79 Å². The molecule has 3 heteroatoms. The molecule has 1 aromatic rings. The van der Waals surface area contributed by atoms with Crippen LogP contribution in [0.5, 0.6) is 0 Å². The number of aryl methyl sites for hydroxylation is 2. The minimum Gasteiger partial charge on any atom is -0.331 e. The fourth-order valence-corrected chi connectivity index (χ4v) is 3.18. The second-order valence-corrected chi connectivity index (χ2v) is 6.84. The Morgan fingerprint density at radius 3 is 2.50 bits per heavy atom. The molecule has 0 saturated heterocycles. The van der Waals surface area contributed by atoms with Crippen molar-refractivity contribution in [2.45, 2.75) is 59.4 Å². The van der Waals surface area contributed by atoms with Crippen molar-refractivity contribution in [3.8, 4) is 0 Å². The number of nitrogens with one attached hydrogen (secondary N) is 1. The van der Waals surface area contributed by atoms with Crippen molar-refractivity contribution in [1.29, 1.82) is 0 Å². The molecule has 0 spiro atoms. The van der Waals surface area contributed by atoms with Crippen molar-refractivity contribution < 1.29 is 4.79 Å². The second kappa shape index (κ2) is 7.66. The quantitative estimate of drug-likeness (QED) is 0.863. The van der Waals surface area contributed by atoms with Gasteiger partial charge >= 0.3 is 6.03 Å². The Morgan fingerprint density at radius 2 is 1.86 bits per heavy atom. The van der Waals surface area contributed by atoms with E-state index in [1.54, 1.807) is 0 Å². The first-order chi connectivity index (χ1) is 10.5. The van der Waals surface area contributed by atoms with Crippen LogP contribution in [0.1, 0.15) is 63.3 Å². The Morgan fingerprint density at radius 1 is 1.18 bits per heavy atom. The van der Waals surface area contributed by atoms with Crippen LogP contribution >= 0.6 is 0 Å². The molecule has 22 heavy (non-hydrogen) atoms. The molecule has 0 saturated carbocycles. The number of rotatable bonds is 5. The molecule has 1 N–H and O–H groups in total. The van der Waals surface area contributed by atoms with Crippen molar-refractivity contribution in [2.75, 3.05) is 13.1 Å². The Kier molecular flexibility index (Phi) is 5.87. The molecule has 0 heterocycles. The molecule has 122 valence electrons. The summed E-state index contributed by atoms with van der Waals surface area (Å²) in [6.45, 7) is 9.95. The van der Waals surface area contributed by atoms with Crippen molar-refractivity contribution in [3.63, 3.8) is 0 Å². The summed E-state index contributed by atoms with van der Waals surface area (Å²) in [5.41, 5.74) is 4.18. The fourth-order valence-electron chi connectivity index (χ4n) is 3.18. The van der Waals surface area contributed by atoms with Crippen LogP contribution in [0.15, 0.2) is 18.2 Å². The van der Waals surface area contributed by atoms with E-state index in [0.717, 1.165) is 13.1 Å². The average Bonchev–Trinajstić information content (AvgIpc) is 2.51. The maximum absolute atomic E-state index is 12.4. The molecule has 1 aromatic carbocycles. The third-order valence-electron chi connectivity index (χ3n) is 4.47. The number of fused-ring (bicyclic) bond motifs is 1. The number of hydrogen-bond acceptors (Lipinski definition) is 1. The number of amides is 2. The zero-order chi connectivity index (χ0) is 16.1. The molecule has 0 aromatic heterocycles. The first kappa shape index (κ1) is 16.9. The van der Waals surface area contributed by atoms with E-state index in [-0.39, 0.29) is 12.1 Å². The molecule has 1 aliphatic carbocycles. The van der Waals surface area contributed by atoms with Gasteiger partial charge in [0.05, 0.1) is 6.04 Å². The SMILES string of the molecule is CCN(CC(C)C)C(=O)NC(C)c1ccc2c(c1)CCCC2. The first-order valence-electron chi connectivity index (χ1n) is 8.68. The van der Waals surface area contributed by atoms with Crippen molar-refractivity contribution in [2.24, 2.45) is 5.92 Å². The maximum atomic E-state index is 12.4. The van der Waals surface area contributed by atoms with Crippen LogP contribution in [0.2, 0.25) is 0 Å². The molecule has 0 aliphatic heterocycles. The predicted molar refractivity (Wildman–Crippen MR) is 92.1 cm³/mol. The van der Waals surface area contributed by atoms with Gasteiger partial charge in [-0.3, -0.25) is 0 Å². The summed E-state index contributed by atoms with van der Waals surface area (Å²) < 4.78 is 0. The monoisotopic (exact) mass is 302 g/mol. The summed E-state index contributed by atoms with van der Waals surface area (Å²) in [5.74, 6) is 0.491. The minimum absolute atomic E-state index is 0.0430.